The van der Waals surface area contributed by atoms with Crippen molar-refractivity contribution >= 4 is 25.8 Å². The van der Waals surface area contributed by atoms with Gasteiger partial charge < -0.3 is 0 Å². The minimum Gasteiger partial charge on any atom is -0.221 e. The summed E-state index contributed by atoms with van der Waals surface area (Å²) in [5, 5.41) is 0. The highest BCUT2D eigenvalue weighted by molar-refractivity contribution is 9.10. The molecule has 0 fully saturated rings. The van der Waals surface area contributed by atoms with E-state index in [2.05, 4.69) is 15.9 Å². The summed E-state index contributed by atoms with van der Waals surface area (Å²) >= 11 is 2.10. The lowest BCUT2D eigenvalue weighted by Gasteiger charge is -2.36. The van der Waals surface area contributed by atoms with Crippen LogP contribution < -0.4 is 0 Å². The van der Waals surface area contributed by atoms with Gasteiger partial charge in [-0.2, -0.15) is 48.3 Å². The number of sulfone groups is 1. The van der Waals surface area contributed by atoms with Crippen molar-refractivity contribution in [2.24, 2.45) is 0 Å². The molecule has 1 radical (unpaired) electrons. The zero-order chi connectivity index (χ0) is 21.9. The molecule has 0 aliphatic heterocycles. The van der Waals surface area contributed by atoms with Gasteiger partial charge in [-0.15, -0.1) is 0 Å². The van der Waals surface area contributed by atoms with Gasteiger partial charge in [0.2, 0.25) is 0 Å². The van der Waals surface area contributed by atoms with Crippen LogP contribution in [0.4, 0.5) is 52.7 Å². The molecule has 1 rings (SSSR count). The highest BCUT2D eigenvalue weighted by atomic mass is 79.9. The summed E-state index contributed by atoms with van der Waals surface area (Å²) in [5.41, 5.74) is -15.5. The minimum atomic E-state index is -7.18. The van der Waals surface area contributed by atoms with Gasteiger partial charge in [0.1, 0.15) is 0 Å². The van der Waals surface area contributed by atoms with E-state index in [1.54, 1.807) is 0 Å². The molecule has 1 aromatic rings. The zero-order valence-electron chi connectivity index (χ0n) is 11.8. The maximum atomic E-state index is 14.2. The highest BCUT2D eigenvalue weighted by Crippen LogP contribution is 2.58. The van der Waals surface area contributed by atoms with Gasteiger partial charge in [0, 0.05) is 16.1 Å². The molecule has 0 spiro atoms. The van der Waals surface area contributed by atoms with Crippen LogP contribution in [0.3, 0.4) is 0 Å². The molecule has 0 bridgehead atoms. The summed E-state index contributed by atoms with van der Waals surface area (Å²) in [6, 6.07) is -0.0872. The van der Waals surface area contributed by atoms with Crippen LogP contribution in [0.15, 0.2) is 21.5 Å². The third-order valence-electron chi connectivity index (χ3n) is 2.98. The Hall–Kier alpha value is -1.19. The molecule has 0 saturated carbocycles. The standard InChI is InChI=1S/C11H2BrF12O2S/c12-5-1-4(2-6(3-5)27(25,26)11(22,23)24)7(13,9(16,17)18)8(14,15)10(19,20)21/h1-2H. The summed E-state index contributed by atoms with van der Waals surface area (Å²) in [6.07, 6.45) is -14.1. The predicted octanol–water partition coefficient (Wildman–Crippen LogP) is 5.47. The molecule has 0 amide bonds. The van der Waals surface area contributed by atoms with E-state index < -0.39 is 66.4 Å². The minimum absolute atomic E-state index is 0.400. The monoisotopic (exact) mass is 505 g/mol. The van der Waals surface area contributed by atoms with Crippen LogP contribution in [-0.2, 0) is 15.5 Å². The summed E-state index contributed by atoms with van der Waals surface area (Å²) in [5.74, 6) is -7.18. The summed E-state index contributed by atoms with van der Waals surface area (Å²) < 4.78 is 175. The second-order valence-electron chi connectivity index (χ2n) is 4.76. The number of benzene rings is 1. The maximum absolute atomic E-state index is 14.2. The number of halogens is 13. The molecule has 0 aliphatic rings. The SMILES string of the molecule is O=S(=O)(c1[c]c(Br)cc(C(F)(C(F)(F)F)C(F)(F)C(F)(F)F)c1)C(F)(F)F. The molecule has 16 heteroatoms. The average molecular weight is 506 g/mol. The van der Waals surface area contributed by atoms with E-state index in [0.717, 1.165) is 0 Å². The van der Waals surface area contributed by atoms with E-state index in [1.807, 2.05) is 0 Å². The Morgan fingerprint density at radius 3 is 1.56 bits per heavy atom. The van der Waals surface area contributed by atoms with Gasteiger partial charge in [-0.25, -0.2) is 12.8 Å². The number of hydrogen-bond acceptors (Lipinski definition) is 2. The van der Waals surface area contributed by atoms with Gasteiger partial charge >= 0.3 is 29.5 Å². The molecular weight excluding hydrogens is 504 g/mol. The van der Waals surface area contributed by atoms with E-state index in [4.69, 9.17) is 0 Å². The number of alkyl halides is 12. The summed E-state index contributed by atoms with van der Waals surface area (Å²) in [6.45, 7) is 0. The Kier molecular flexibility index (Phi) is 5.67. The molecule has 27 heavy (non-hydrogen) atoms. The molecule has 0 aliphatic carbocycles. The van der Waals surface area contributed by atoms with Gasteiger partial charge in [0.25, 0.3) is 9.84 Å². The molecule has 0 heterocycles. The Balaban J connectivity index is 3.95. The highest BCUT2D eigenvalue weighted by Gasteiger charge is 2.81. The first-order valence-electron chi connectivity index (χ1n) is 5.85. The van der Waals surface area contributed by atoms with Crippen LogP contribution in [0.2, 0.25) is 0 Å². The molecule has 0 N–H and O–H groups in total. The maximum Gasteiger partial charge on any atom is 0.501 e. The normalized spacial score (nSPS) is 16.9. The van der Waals surface area contributed by atoms with Gasteiger partial charge in [0.15, 0.2) is 0 Å². The van der Waals surface area contributed by atoms with Crippen LogP contribution >= 0.6 is 15.9 Å². The fraction of sp³-hybridized carbons (Fsp3) is 0.455. The molecule has 0 saturated heterocycles. The fourth-order valence-corrected chi connectivity index (χ4v) is 3.06. The Bertz CT molecular complexity index is 823. The fourth-order valence-electron chi connectivity index (χ4n) is 1.70. The number of rotatable bonds is 3. The van der Waals surface area contributed by atoms with Crippen LogP contribution in [0, 0.1) is 6.07 Å². The topological polar surface area (TPSA) is 34.1 Å². The van der Waals surface area contributed by atoms with Gasteiger partial charge in [-0.3, -0.25) is 0 Å². The van der Waals surface area contributed by atoms with Gasteiger partial charge in [0.05, 0.1) is 4.90 Å². The smallest absolute Gasteiger partial charge is 0.221 e. The Labute approximate surface area is 150 Å². The van der Waals surface area contributed by atoms with Crippen molar-refractivity contribution in [1.29, 1.82) is 0 Å². The lowest BCUT2D eigenvalue weighted by Crippen LogP contribution is -2.59. The van der Waals surface area contributed by atoms with Crippen molar-refractivity contribution in [2.45, 2.75) is 34.3 Å². The predicted molar refractivity (Wildman–Crippen MR) is 66.1 cm³/mol. The molecular formula is C11H2BrF12O2S. The first-order chi connectivity index (χ1) is 11.6. The summed E-state index contributed by atoms with van der Waals surface area (Å²) in [7, 11) is -6.55. The Morgan fingerprint density at radius 1 is 0.778 bits per heavy atom. The van der Waals surface area contributed by atoms with E-state index in [9.17, 15) is 61.1 Å². The Morgan fingerprint density at radius 2 is 1.22 bits per heavy atom. The van der Waals surface area contributed by atoms with Gasteiger partial charge in [-0.05, 0) is 12.1 Å². The molecule has 1 aromatic carbocycles. The average Bonchev–Trinajstić information content (AvgIpc) is 2.41. The quantitative estimate of drug-likeness (QED) is 0.511. The molecule has 1 unspecified atom stereocenters. The van der Waals surface area contributed by atoms with E-state index in [0.29, 0.717) is 0 Å². The lowest BCUT2D eigenvalue weighted by atomic mass is 9.88. The van der Waals surface area contributed by atoms with Crippen molar-refractivity contribution in [3.63, 3.8) is 0 Å². The van der Waals surface area contributed by atoms with Crippen molar-refractivity contribution in [3.8, 4) is 0 Å². The van der Waals surface area contributed by atoms with Crippen LogP contribution in [0.1, 0.15) is 5.56 Å². The second-order valence-corrected chi connectivity index (χ2v) is 7.52. The van der Waals surface area contributed by atoms with Crippen molar-refractivity contribution < 1.29 is 61.1 Å². The third-order valence-corrected chi connectivity index (χ3v) is 4.82. The number of hydrogen-bond donors (Lipinski definition) is 0. The van der Waals surface area contributed by atoms with E-state index in [-0.39, 0.29) is 0 Å². The molecule has 1 atom stereocenters. The first kappa shape index (κ1) is 23.8. The van der Waals surface area contributed by atoms with Crippen molar-refractivity contribution in [3.05, 3.63) is 28.2 Å². The van der Waals surface area contributed by atoms with E-state index in [1.165, 1.54) is 6.07 Å². The second kappa shape index (κ2) is 6.42. The van der Waals surface area contributed by atoms with Crippen LogP contribution in [0.25, 0.3) is 0 Å². The zero-order valence-corrected chi connectivity index (χ0v) is 14.2. The van der Waals surface area contributed by atoms with Crippen molar-refractivity contribution in [1.82, 2.24) is 0 Å². The summed E-state index contributed by atoms with van der Waals surface area (Å²) in [4.78, 5) is -2.30. The molecule has 155 valence electrons. The van der Waals surface area contributed by atoms with Crippen molar-refractivity contribution in [2.75, 3.05) is 0 Å². The molecule has 0 aromatic heterocycles. The molecule has 2 nitrogen and oxygen atoms in total. The van der Waals surface area contributed by atoms with Gasteiger partial charge in [-0.1, -0.05) is 15.9 Å². The first-order valence-corrected chi connectivity index (χ1v) is 8.13. The lowest BCUT2D eigenvalue weighted by molar-refractivity contribution is -0.389. The van der Waals surface area contributed by atoms with Crippen LogP contribution in [0.5, 0.6) is 0 Å². The third kappa shape index (κ3) is 3.73. The van der Waals surface area contributed by atoms with Crippen LogP contribution in [-0.4, -0.2) is 32.2 Å². The largest absolute Gasteiger partial charge is 0.501 e. The van der Waals surface area contributed by atoms with E-state index >= 15 is 0 Å².